The van der Waals surface area contributed by atoms with Crippen molar-refractivity contribution >= 4 is 0 Å². The maximum Gasteiger partial charge on any atom is 0.119 e. The fraction of sp³-hybridized carbons (Fsp3) is 0.238. The van der Waals surface area contributed by atoms with E-state index in [2.05, 4.69) is 48.7 Å². The highest BCUT2D eigenvalue weighted by Gasteiger charge is 2.03. The Balaban J connectivity index is 1.85. The molecule has 0 aromatic heterocycles. The molecule has 0 saturated heterocycles. The van der Waals surface area contributed by atoms with E-state index in [1.165, 1.54) is 11.1 Å². The second-order valence-electron chi connectivity index (χ2n) is 5.62. The molecule has 0 atom stereocenters. The number of para-hydroxylation sites is 1. The standard InChI is InChI=1S/C21H25NO/c1-3-15-22(17-20-10-6-4-7-11-20)16-14-19(2)18-23-21-12-8-5-9-13-21/h3-14H,1,15-18H2,2H3/b19-14-. The molecule has 0 radical (unpaired) electrons. The Morgan fingerprint density at radius 3 is 2.30 bits per heavy atom. The van der Waals surface area contributed by atoms with E-state index < -0.39 is 0 Å². The van der Waals surface area contributed by atoms with Gasteiger partial charge in [0, 0.05) is 19.6 Å². The number of benzene rings is 2. The topological polar surface area (TPSA) is 12.5 Å². The van der Waals surface area contributed by atoms with Crippen molar-refractivity contribution in [3.63, 3.8) is 0 Å². The lowest BCUT2D eigenvalue weighted by Crippen LogP contribution is -2.23. The van der Waals surface area contributed by atoms with Gasteiger partial charge in [0.1, 0.15) is 12.4 Å². The maximum absolute atomic E-state index is 5.77. The Morgan fingerprint density at radius 2 is 1.65 bits per heavy atom. The summed E-state index contributed by atoms with van der Waals surface area (Å²) in [6.45, 7) is 9.28. The summed E-state index contributed by atoms with van der Waals surface area (Å²) in [5.74, 6) is 0.910. The smallest absolute Gasteiger partial charge is 0.119 e. The first-order chi connectivity index (χ1) is 11.3. The Morgan fingerprint density at radius 1 is 1.00 bits per heavy atom. The Hall–Kier alpha value is -2.32. The molecule has 0 aliphatic carbocycles. The molecular formula is C21H25NO. The van der Waals surface area contributed by atoms with Crippen molar-refractivity contribution in [1.29, 1.82) is 0 Å². The molecule has 0 unspecified atom stereocenters. The second kappa shape index (κ2) is 9.65. The first kappa shape index (κ1) is 17.0. The van der Waals surface area contributed by atoms with Crippen molar-refractivity contribution in [1.82, 2.24) is 4.90 Å². The van der Waals surface area contributed by atoms with Crippen LogP contribution in [0.5, 0.6) is 5.75 Å². The van der Waals surface area contributed by atoms with Crippen LogP contribution in [0.4, 0.5) is 0 Å². The van der Waals surface area contributed by atoms with Crippen molar-refractivity contribution in [2.75, 3.05) is 19.7 Å². The van der Waals surface area contributed by atoms with Gasteiger partial charge in [0.25, 0.3) is 0 Å². The molecular weight excluding hydrogens is 282 g/mol. The molecule has 0 saturated carbocycles. The van der Waals surface area contributed by atoms with Crippen molar-refractivity contribution in [2.24, 2.45) is 0 Å². The highest BCUT2D eigenvalue weighted by Crippen LogP contribution is 2.10. The van der Waals surface area contributed by atoms with E-state index in [1.807, 2.05) is 42.5 Å². The van der Waals surface area contributed by atoms with E-state index >= 15 is 0 Å². The zero-order valence-corrected chi connectivity index (χ0v) is 13.8. The predicted molar refractivity (Wildman–Crippen MR) is 97.6 cm³/mol. The van der Waals surface area contributed by atoms with Crippen LogP contribution in [0.1, 0.15) is 12.5 Å². The number of hydrogen-bond acceptors (Lipinski definition) is 2. The van der Waals surface area contributed by atoms with Crippen molar-refractivity contribution in [3.8, 4) is 5.75 Å². The summed E-state index contributed by atoms with van der Waals surface area (Å²) in [6, 6.07) is 20.4. The van der Waals surface area contributed by atoms with Crippen LogP contribution in [0, 0.1) is 0 Å². The van der Waals surface area contributed by atoms with E-state index in [0.717, 1.165) is 25.4 Å². The molecule has 2 heteroatoms. The quantitative estimate of drug-likeness (QED) is 0.623. The molecule has 0 aliphatic heterocycles. The average molecular weight is 307 g/mol. The Kier molecular flexibility index (Phi) is 7.15. The van der Waals surface area contributed by atoms with Crippen LogP contribution < -0.4 is 4.74 Å². The molecule has 0 aliphatic rings. The third-order valence-corrected chi connectivity index (χ3v) is 3.54. The minimum absolute atomic E-state index is 0.622. The largest absolute Gasteiger partial charge is 0.489 e. The van der Waals surface area contributed by atoms with Gasteiger partial charge >= 0.3 is 0 Å². The zero-order chi connectivity index (χ0) is 16.3. The zero-order valence-electron chi connectivity index (χ0n) is 13.8. The van der Waals surface area contributed by atoms with Crippen LogP contribution >= 0.6 is 0 Å². The molecule has 2 nitrogen and oxygen atoms in total. The minimum atomic E-state index is 0.622. The van der Waals surface area contributed by atoms with Gasteiger partial charge in [-0.25, -0.2) is 0 Å². The third kappa shape index (κ3) is 6.54. The van der Waals surface area contributed by atoms with Gasteiger partial charge in [-0.1, -0.05) is 60.7 Å². The molecule has 23 heavy (non-hydrogen) atoms. The predicted octanol–water partition coefficient (Wildman–Crippen LogP) is 4.70. The lowest BCUT2D eigenvalue weighted by Gasteiger charge is -2.19. The molecule has 120 valence electrons. The van der Waals surface area contributed by atoms with Crippen molar-refractivity contribution in [3.05, 3.63) is 90.5 Å². The maximum atomic E-state index is 5.77. The van der Waals surface area contributed by atoms with E-state index in [1.54, 1.807) is 0 Å². The van der Waals surface area contributed by atoms with Crippen LogP contribution in [-0.2, 0) is 6.54 Å². The number of hydrogen-bond donors (Lipinski definition) is 0. The molecule has 2 aromatic rings. The van der Waals surface area contributed by atoms with Crippen LogP contribution in [0.25, 0.3) is 0 Å². The average Bonchev–Trinajstić information content (AvgIpc) is 2.60. The molecule has 0 fully saturated rings. The highest BCUT2D eigenvalue weighted by molar-refractivity contribution is 5.21. The van der Waals surface area contributed by atoms with Crippen LogP contribution in [0.2, 0.25) is 0 Å². The van der Waals surface area contributed by atoms with E-state index in [0.29, 0.717) is 6.61 Å². The molecule has 0 spiro atoms. The van der Waals surface area contributed by atoms with Gasteiger partial charge in [0.05, 0.1) is 0 Å². The van der Waals surface area contributed by atoms with Gasteiger partial charge in [0.2, 0.25) is 0 Å². The van der Waals surface area contributed by atoms with Crippen molar-refractivity contribution < 1.29 is 4.74 Å². The monoisotopic (exact) mass is 307 g/mol. The van der Waals surface area contributed by atoms with Crippen molar-refractivity contribution in [2.45, 2.75) is 13.5 Å². The van der Waals surface area contributed by atoms with E-state index in [-0.39, 0.29) is 0 Å². The van der Waals surface area contributed by atoms with E-state index in [9.17, 15) is 0 Å². The first-order valence-electron chi connectivity index (χ1n) is 7.98. The molecule has 0 heterocycles. The third-order valence-electron chi connectivity index (χ3n) is 3.54. The lowest BCUT2D eigenvalue weighted by atomic mass is 10.2. The van der Waals surface area contributed by atoms with Gasteiger partial charge in [0.15, 0.2) is 0 Å². The molecule has 0 bridgehead atoms. The summed E-state index contributed by atoms with van der Waals surface area (Å²) in [6.07, 6.45) is 4.18. The SMILES string of the molecule is C=CCN(C/C=C(/C)COc1ccccc1)Cc1ccccc1. The molecule has 2 aromatic carbocycles. The van der Waals surface area contributed by atoms with Crippen LogP contribution in [-0.4, -0.2) is 24.6 Å². The minimum Gasteiger partial charge on any atom is -0.489 e. The summed E-state index contributed by atoms with van der Waals surface area (Å²) < 4.78 is 5.77. The molecule has 2 rings (SSSR count). The second-order valence-corrected chi connectivity index (χ2v) is 5.62. The highest BCUT2D eigenvalue weighted by atomic mass is 16.5. The summed E-state index contributed by atoms with van der Waals surface area (Å²) in [5, 5.41) is 0. The number of nitrogens with zero attached hydrogens (tertiary/aromatic N) is 1. The van der Waals surface area contributed by atoms with Gasteiger partial charge < -0.3 is 4.74 Å². The van der Waals surface area contributed by atoms with Gasteiger partial charge in [-0.15, -0.1) is 6.58 Å². The van der Waals surface area contributed by atoms with Gasteiger partial charge in [-0.05, 0) is 30.2 Å². The lowest BCUT2D eigenvalue weighted by molar-refractivity contribution is 0.322. The summed E-state index contributed by atoms with van der Waals surface area (Å²) in [4.78, 5) is 2.36. The summed E-state index contributed by atoms with van der Waals surface area (Å²) >= 11 is 0. The first-order valence-corrected chi connectivity index (χ1v) is 7.98. The van der Waals surface area contributed by atoms with Crippen LogP contribution in [0.15, 0.2) is 85.0 Å². The van der Waals surface area contributed by atoms with Gasteiger partial charge in [-0.3, -0.25) is 4.90 Å². The normalized spacial score (nSPS) is 11.5. The number of ether oxygens (including phenoxy) is 1. The fourth-order valence-electron chi connectivity index (χ4n) is 2.29. The summed E-state index contributed by atoms with van der Waals surface area (Å²) in [5.41, 5.74) is 2.55. The Bertz CT molecular complexity index is 604. The summed E-state index contributed by atoms with van der Waals surface area (Å²) in [7, 11) is 0. The molecule has 0 N–H and O–H groups in total. The number of rotatable bonds is 9. The molecule has 0 amide bonds. The van der Waals surface area contributed by atoms with Crippen LogP contribution in [0.3, 0.4) is 0 Å². The van der Waals surface area contributed by atoms with Gasteiger partial charge in [-0.2, -0.15) is 0 Å². The Labute approximate surface area is 139 Å². The van der Waals surface area contributed by atoms with E-state index in [4.69, 9.17) is 4.74 Å². The fourth-order valence-corrected chi connectivity index (χ4v) is 2.29.